The molecule has 1 amide bonds. The Bertz CT molecular complexity index is 1110. The Kier molecular flexibility index (Phi) is 5.44. The largest absolute Gasteiger partial charge is 0.497 e. The number of carbonyl (C=O) groups is 1. The van der Waals surface area contributed by atoms with Gasteiger partial charge in [0.15, 0.2) is 0 Å². The van der Waals surface area contributed by atoms with Crippen molar-refractivity contribution in [2.24, 2.45) is 5.92 Å². The van der Waals surface area contributed by atoms with Crippen LogP contribution in [0.25, 0.3) is 0 Å². The van der Waals surface area contributed by atoms with Crippen LogP contribution in [-0.4, -0.2) is 42.1 Å². The monoisotopic (exact) mass is 494 g/mol. The van der Waals surface area contributed by atoms with Crippen LogP contribution >= 0.6 is 15.9 Å². The molecule has 2 aromatic carbocycles. The normalized spacial score (nSPS) is 15.7. The molecular formula is C21H23BrN2O5S. The first-order chi connectivity index (χ1) is 14.3. The van der Waals surface area contributed by atoms with Crippen LogP contribution in [-0.2, 0) is 21.2 Å². The van der Waals surface area contributed by atoms with Gasteiger partial charge in [0.2, 0.25) is 5.91 Å². The first-order valence-electron chi connectivity index (χ1n) is 9.62. The third-order valence-corrected chi connectivity index (χ3v) is 7.79. The smallest absolute Gasteiger partial charge is 0.266 e. The van der Waals surface area contributed by atoms with Crippen molar-refractivity contribution in [2.45, 2.75) is 24.2 Å². The molecular weight excluding hydrogens is 472 g/mol. The molecule has 0 N–H and O–H groups in total. The molecule has 1 aliphatic heterocycles. The molecule has 4 rings (SSSR count). The van der Waals surface area contributed by atoms with Gasteiger partial charge in [0.1, 0.15) is 16.4 Å². The molecule has 0 saturated heterocycles. The van der Waals surface area contributed by atoms with E-state index in [-0.39, 0.29) is 16.7 Å². The van der Waals surface area contributed by atoms with Crippen molar-refractivity contribution in [3.8, 4) is 11.5 Å². The van der Waals surface area contributed by atoms with Gasteiger partial charge >= 0.3 is 0 Å². The standard InChI is InChI=1S/C21H23BrN2O5S/c1-23(17-7-6-16(28-2)12-18(17)29-3)30(26,27)19-11-15(22)10-14-8-9-24(20(14)19)21(25)13-4-5-13/h6-7,10-13H,4-5,8-9H2,1-3H3. The molecule has 0 spiro atoms. The van der Waals surface area contributed by atoms with Gasteiger partial charge in [-0.25, -0.2) is 8.42 Å². The molecule has 0 bridgehead atoms. The molecule has 9 heteroatoms. The lowest BCUT2D eigenvalue weighted by molar-refractivity contribution is -0.119. The van der Waals surface area contributed by atoms with Crippen LogP contribution in [0, 0.1) is 5.92 Å². The fraction of sp³-hybridized carbons (Fsp3) is 0.381. The average molecular weight is 495 g/mol. The minimum absolute atomic E-state index is 0.00885. The summed E-state index contributed by atoms with van der Waals surface area (Å²) in [6.07, 6.45) is 2.36. The van der Waals surface area contributed by atoms with E-state index >= 15 is 0 Å². The molecule has 1 saturated carbocycles. The van der Waals surface area contributed by atoms with E-state index in [9.17, 15) is 13.2 Å². The van der Waals surface area contributed by atoms with Gasteiger partial charge in [-0.05, 0) is 49.1 Å². The van der Waals surface area contributed by atoms with Crippen molar-refractivity contribution in [3.05, 3.63) is 40.4 Å². The molecule has 1 heterocycles. The lowest BCUT2D eigenvalue weighted by atomic mass is 10.2. The van der Waals surface area contributed by atoms with Gasteiger partial charge in [-0.1, -0.05) is 15.9 Å². The lowest BCUT2D eigenvalue weighted by Gasteiger charge is -2.26. The van der Waals surface area contributed by atoms with Crippen LogP contribution in [0.1, 0.15) is 18.4 Å². The number of benzene rings is 2. The van der Waals surface area contributed by atoms with Crippen molar-refractivity contribution in [3.63, 3.8) is 0 Å². The predicted molar refractivity (Wildman–Crippen MR) is 118 cm³/mol. The SMILES string of the molecule is COc1ccc(N(C)S(=O)(=O)c2cc(Br)cc3c2N(C(=O)C2CC2)CC3)c(OC)c1. The zero-order chi connectivity index (χ0) is 21.6. The summed E-state index contributed by atoms with van der Waals surface area (Å²) in [6.45, 7) is 0.499. The third-order valence-electron chi connectivity index (χ3n) is 5.55. The second-order valence-corrected chi connectivity index (χ2v) is 10.3. The number of amides is 1. The summed E-state index contributed by atoms with van der Waals surface area (Å²) in [7, 11) is 0.517. The maximum absolute atomic E-state index is 13.7. The summed E-state index contributed by atoms with van der Waals surface area (Å²) in [5.41, 5.74) is 1.73. The highest BCUT2D eigenvalue weighted by Crippen LogP contribution is 2.43. The Morgan fingerprint density at radius 2 is 1.90 bits per heavy atom. The van der Waals surface area contributed by atoms with Gasteiger partial charge in [0, 0.05) is 30.0 Å². The highest BCUT2D eigenvalue weighted by Gasteiger charge is 2.40. The Labute approximate surface area is 184 Å². The number of hydrogen-bond acceptors (Lipinski definition) is 5. The Balaban J connectivity index is 1.81. The van der Waals surface area contributed by atoms with Gasteiger partial charge in [-0.15, -0.1) is 0 Å². The van der Waals surface area contributed by atoms with Crippen LogP contribution in [0.5, 0.6) is 11.5 Å². The van der Waals surface area contributed by atoms with E-state index in [1.165, 1.54) is 25.6 Å². The highest BCUT2D eigenvalue weighted by molar-refractivity contribution is 9.10. The Morgan fingerprint density at radius 3 is 2.53 bits per heavy atom. The number of hydrogen-bond donors (Lipinski definition) is 0. The van der Waals surface area contributed by atoms with Crippen LogP contribution in [0.3, 0.4) is 0 Å². The first kappa shape index (κ1) is 21.0. The van der Waals surface area contributed by atoms with E-state index in [0.29, 0.717) is 40.3 Å². The summed E-state index contributed by atoms with van der Waals surface area (Å²) >= 11 is 3.43. The molecule has 0 radical (unpaired) electrons. The van der Waals surface area contributed by atoms with Crippen LogP contribution in [0.4, 0.5) is 11.4 Å². The van der Waals surface area contributed by atoms with Crippen LogP contribution < -0.4 is 18.7 Å². The van der Waals surface area contributed by atoms with Gasteiger partial charge in [0.05, 0.1) is 25.6 Å². The van der Waals surface area contributed by atoms with Gasteiger partial charge in [0.25, 0.3) is 10.0 Å². The second kappa shape index (κ2) is 7.77. The highest BCUT2D eigenvalue weighted by atomic mass is 79.9. The number of ether oxygens (including phenoxy) is 2. The molecule has 160 valence electrons. The zero-order valence-electron chi connectivity index (χ0n) is 17.0. The molecule has 0 unspecified atom stereocenters. The number of nitrogens with zero attached hydrogens (tertiary/aromatic N) is 2. The number of anilines is 2. The molecule has 2 aromatic rings. The molecule has 1 fully saturated rings. The van der Waals surface area contributed by atoms with Crippen molar-refractivity contribution in [1.29, 1.82) is 0 Å². The fourth-order valence-electron chi connectivity index (χ4n) is 3.76. The van der Waals surface area contributed by atoms with E-state index in [1.54, 1.807) is 29.2 Å². The summed E-state index contributed by atoms with van der Waals surface area (Å²) < 4.78 is 39.9. The van der Waals surface area contributed by atoms with E-state index in [0.717, 1.165) is 18.4 Å². The van der Waals surface area contributed by atoms with E-state index < -0.39 is 10.0 Å². The average Bonchev–Trinajstić information content (AvgIpc) is 3.51. The molecule has 0 aromatic heterocycles. The molecule has 1 aliphatic carbocycles. The topological polar surface area (TPSA) is 76.2 Å². The summed E-state index contributed by atoms with van der Waals surface area (Å²) in [5.74, 6) is 0.954. The lowest BCUT2D eigenvalue weighted by Crippen LogP contribution is -2.33. The number of halogens is 1. The zero-order valence-corrected chi connectivity index (χ0v) is 19.4. The molecule has 7 nitrogen and oxygen atoms in total. The number of sulfonamides is 1. The van der Waals surface area contributed by atoms with Crippen LogP contribution in [0.2, 0.25) is 0 Å². The van der Waals surface area contributed by atoms with E-state index in [4.69, 9.17) is 9.47 Å². The minimum Gasteiger partial charge on any atom is -0.497 e. The number of methoxy groups -OCH3 is 2. The maximum atomic E-state index is 13.7. The number of carbonyl (C=O) groups excluding carboxylic acids is 1. The molecule has 30 heavy (non-hydrogen) atoms. The third kappa shape index (κ3) is 3.54. The predicted octanol–water partition coefficient (Wildman–Crippen LogP) is 3.59. The van der Waals surface area contributed by atoms with Crippen molar-refractivity contribution < 1.29 is 22.7 Å². The quantitative estimate of drug-likeness (QED) is 0.613. The summed E-state index contributed by atoms with van der Waals surface area (Å²) in [5, 5.41) is 0. The van der Waals surface area contributed by atoms with Gasteiger partial charge in [-0.3, -0.25) is 9.10 Å². The Hall–Kier alpha value is -2.26. The van der Waals surface area contributed by atoms with E-state index in [1.807, 2.05) is 6.07 Å². The van der Waals surface area contributed by atoms with Crippen molar-refractivity contribution in [1.82, 2.24) is 0 Å². The summed E-state index contributed by atoms with van der Waals surface area (Å²) in [6, 6.07) is 8.41. The number of fused-ring (bicyclic) bond motifs is 1. The van der Waals surface area contributed by atoms with Gasteiger partial charge in [-0.2, -0.15) is 0 Å². The van der Waals surface area contributed by atoms with E-state index in [2.05, 4.69) is 15.9 Å². The minimum atomic E-state index is -3.98. The van der Waals surface area contributed by atoms with Crippen LogP contribution in [0.15, 0.2) is 39.7 Å². The van der Waals surface area contributed by atoms with Crippen molar-refractivity contribution >= 4 is 43.2 Å². The molecule has 0 atom stereocenters. The van der Waals surface area contributed by atoms with Crippen molar-refractivity contribution in [2.75, 3.05) is 37.0 Å². The Morgan fingerprint density at radius 1 is 1.17 bits per heavy atom. The van der Waals surface area contributed by atoms with Gasteiger partial charge < -0.3 is 14.4 Å². The fourth-order valence-corrected chi connectivity index (χ4v) is 5.88. The second-order valence-electron chi connectivity index (χ2n) is 7.44. The molecule has 2 aliphatic rings. The maximum Gasteiger partial charge on any atom is 0.266 e. The first-order valence-corrected chi connectivity index (χ1v) is 11.9. The summed E-state index contributed by atoms with van der Waals surface area (Å²) in [4.78, 5) is 14.6. The number of rotatable bonds is 6.